The van der Waals surface area contributed by atoms with Crippen molar-refractivity contribution in [3.63, 3.8) is 0 Å². The molecule has 0 bridgehead atoms. The van der Waals surface area contributed by atoms with Crippen LogP contribution in [0, 0.1) is 5.92 Å². The molecule has 0 aromatic heterocycles. The van der Waals surface area contributed by atoms with Crippen molar-refractivity contribution in [2.24, 2.45) is 5.92 Å². The SMILES string of the molecule is CC(C)CNCCC(C)c1cccc2c1OCC2. The van der Waals surface area contributed by atoms with Gasteiger partial charge in [0.1, 0.15) is 5.75 Å². The quantitative estimate of drug-likeness (QED) is 0.778. The second-order valence-electron chi connectivity index (χ2n) is 5.72. The molecule has 18 heavy (non-hydrogen) atoms. The van der Waals surface area contributed by atoms with Gasteiger partial charge < -0.3 is 10.1 Å². The lowest BCUT2D eigenvalue weighted by Crippen LogP contribution is -2.21. The summed E-state index contributed by atoms with van der Waals surface area (Å²) in [5.74, 6) is 2.45. The molecule has 2 heteroatoms. The summed E-state index contributed by atoms with van der Waals surface area (Å²) in [6.07, 6.45) is 2.24. The minimum atomic E-state index is 0.567. The van der Waals surface area contributed by atoms with Gasteiger partial charge in [-0.2, -0.15) is 0 Å². The molecule has 1 atom stereocenters. The molecule has 0 spiro atoms. The molecule has 1 N–H and O–H groups in total. The fourth-order valence-corrected chi connectivity index (χ4v) is 2.49. The van der Waals surface area contributed by atoms with Crippen LogP contribution in [-0.2, 0) is 6.42 Å². The van der Waals surface area contributed by atoms with Crippen LogP contribution in [0.1, 0.15) is 44.2 Å². The van der Waals surface area contributed by atoms with Crippen molar-refractivity contribution in [2.45, 2.75) is 39.5 Å². The minimum Gasteiger partial charge on any atom is -0.493 e. The average Bonchev–Trinajstić information content (AvgIpc) is 2.82. The Balaban J connectivity index is 1.89. The molecule has 1 aromatic rings. The van der Waals surface area contributed by atoms with Gasteiger partial charge in [-0.05, 0) is 42.5 Å². The van der Waals surface area contributed by atoms with Crippen LogP contribution < -0.4 is 10.1 Å². The molecule has 2 nitrogen and oxygen atoms in total. The molecule has 1 aliphatic rings. The van der Waals surface area contributed by atoms with E-state index in [9.17, 15) is 0 Å². The second-order valence-corrected chi connectivity index (χ2v) is 5.72. The fourth-order valence-electron chi connectivity index (χ4n) is 2.49. The van der Waals surface area contributed by atoms with E-state index in [0.717, 1.165) is 37.8 Å². The number of rotatable bonds is 6. The van der Waals surface area contributed by atoms with Gasteiger partial charge in [-0.25, -0.2) is 0 Å². The Morgan fingerprint density at radius 2 is 2.11 bits per heavy atom. The zero-order valence-electron chi connectivity index (χ0n) is 11.8. The average molecular weight is 247 g/mol. The predicted octanol–water partition coefficient (Wildman–Crippen LogP) is 3.36. The summed E-state index contributed by atoms with van der Waals surface area (Å²) in [7, 11) is 0. The Kier molecular flexibility index (Phi) is 4.65. The third-order valence-corrected chi connectivity index (χ3v) is 3.58. The Morgan fingerprint density at radius 3 is 2.89 bits per heavy atom. The van der Waals surface area contributed by atoms with Crippen LogP contribution in [0.5, 0.6) is 5.75 Å². The molecule has 0 aliphatic carbocycles. The van der Waals surface area contributed by atoms with Crippen molar-refractivity contribution in [3.05, 3.63) is 29.3 Å². The van der Waals surface area contributed by atoms with Gasteiger partial charge in [0, 0.05) is 6.42 Å². The van der Waals surface area contributed by atoms with E-state index in [4.69, 9.17) is 4.74 Å². The Hall–Kier alpha value is -1.02. The van der Waals surface area contributed by atoms with Gasteiger partial charge in [-0.1, -0.05) is 39.0 Å². The highest BCUT2D eigenvalue weighted by Gasteiger charge is 2.19. The maximum Gasteiger partial charge on any atom is 0.126 e. The number of benzene rings is 1. The highest BCUT2D eigenvalue weighted by atomic mass is 16.5. The fraction of sp³-hybridized carbons (Fsp3) is 0.625. The molecule has 1 unspecified atom stereocenters. The van der Waals surface area contributed by atoms with Crippen LogP contribution in [0.15, 0.2) is 18.2 Å². The first-order valence-corrected chi connectivity index (χ1v) is 7.13. The Morgan fingerprint density at radius 1 is 1.28 bits per heavy atom. The predicted molar refractivity (Wildman–Crippen MR) is 76.4 cm³/mol. The summed E-state index contributed by atoms with van der Waals surface area (Å²) in [5, 5.41) is 3.51. The van der Waals surface area contributed by atoms with E-state index < -0.39 is 0 Å². The van der Waals surface area contributed by atoms with Crippen molar-refractivity contribution >= 4 is 0 Å². The van der Waals surface area contributed by atoms with Crippen molar-refractivity contribution < 1.29 is 4.74 Å². The Bertz CT molecular complexity index is 387. The van der Waals surface area contributed by atoms with E-state index in [-0.39, 0.29) is 0 Å². The van der Waals surface area contributed by atoms with Gasteiger partial charge >= 0.3 is 0 Å². The lowest BCUT2D eigenvalue weighted by Gasteiger charge is -2.16. The summed E-state index contributed by atoms with van der Waals surface area (Å²) >= 11 is 0. The number of nitrogens with one attached hydrogen (secondary N) is 1. The van der Waals surface area contributed by atoms with Crippen LogP contribution in [-0.4, -0.2) is 19.7 Å². The molecule has 100 valence electrons. The molecule has 0 fully saturated rings. The van der Waals surface area contributed by atoms with Crippen molar-refractivity contribution in [1.82, 2.24) is 5.32 Å². The van der Waals surface area contributed by atoms with E-state index in [0.29, 0.717) is 5.92 Å². The lowest BCUT2D eigenvalue weighted by molar-refractivity contribution is 0.350. The summed E-state index contributed by atoms with van der Waals surface area (Å²) < 4.78 is 5.77. The summed E-state index contributed by atoms with van der Waals surface area (Å²) in [4.78, 5) is 0. The van der Waals surface area contributed by atoms with E-state index >= 15 is 0 Å². The second kappa shape index (κ2) is 6.24. The maximum absolute atomic E-state index is 5.77. The zero-order chi connectivity index (χ0) is 13.0. The number of fused-ring (bicyclic) bond motifs is 1. The number of para-hydroxylation sites is 1. The van der Waals surface area contributed by atoms with Gasteiger partial charge in [0.15, 0.2) is 0 Å². The largest absolute Gasteiger partial charge is 0.493 e. The standard InChI is InChI=1S/C16H25NO/c1-12(2)11-17-9-7-13(3)15-6-4-5-14-8-10-18-16(14)15/h4-6,12-13,17H,7-11H2,1-3H3. The summed E-state index contributed by atoms with van der Waals surface area (Å²) in [6, 6.07) is 6.58. The van der Waals surface area contributed by atoms with Crippen LogP contribution in [0.2, 0.25) is 0 Å². The van der Waals surface area contributed by atoms with E-state index in [1.54, 1.807) is 0 Å². The molecule has 0 amide bonds. The van der Waals surface area contributed by atoms with Gasteiger partial charge in [0.05, 0.1) is 6.61 Å². The van der Waals surface area contributed by atoms with Crippen LogP contribution >= 0.6 is 0 Å². The van der Waals surface area contributed by atoms with E-state index in [2.05, 4.69) is 44.3 Å². The monoisotopic (exact) mass is 247 g/mol. The molecule has 0 radical (unpaired) electrons. The topological polar surface area (TPSA) is 21.3 Å². The molecule has 1 aliphatic heterocycles. The normalized spacial score (nSPS) is 15.6. The number of hydrogen-bond acceptors (Lipinski definition) is 2. The highest BCUT2D eigenvalue weighted by molar-refractivity contribution is 5.45. The van der Waals surface area contributed by atoms with Crippen molar-refractivity contribution in [3.8, 4) is 5.75 Å². The number of ether oxygens (including phenoxy) is 1. The lowest BCUT2D eigenvalue weighted by atomic mass is 9.94. The summed E-state index contributed by atoms with van der Waals surface area (Å²) in [6.45, 7) is 9.83. The van der Waals surface area contributed by atoms with Gasteiger partial charge in [-0.3, -0.25) is 0 Å². The third-order valence-electron chi connectivity index (χ3n) is 3.58. The smallest absolute Gasteiger partial charge is 0.126 e. The third kappa shape index (κ3) is 3.26. The molecule has 0 saturated carbocycles. The van der Waals surface area contributed by atoms with Crippen LogP contribution in [0.3, 0.4) is 0 Å². The van der Waals surface area contributed by atoms with Crippen LogP contribution in [0.25, 0.3) is 0 Å². The van der Waals surface area contributed by atoms with E-state index in [1.165, 1.54) is 17.5 Å². The first-order chi connectivity index (χ1) is 8.68. The van der Waals surface area contributed by atoms with Crippen molar-refractivity contribution in [2.75, 3.05) is 19.7 Å². The summed E-state index contributed by atoms with van der Waals surface area (Å²) in [5.41, 5.74) is 2.77. The highest BCUT2D eigenvalue weighted by Crippen LogP contribution is 2.35. The van der Waals surface area contributed by atoms with Gasteiger partial charge in [0.25, 0.3) is 0 Å². The first-order valence-electron chi connectivity index (χ1n) is 7.13. The maximum atomic E-state index is 5.77. The van der Waals surface area contributed by atoms with Crippen molar-refractivity contribution in [1.29, 1.82) is 0 Å². The molecule has 1 aromatic carbocycles. The molecular weight excluding hydrogens is 222 g/mol. The first kappa shape index (κ1) is 13.4. The molecule has 2 rings (SSSR count). The number of hydrogen-bond donors (Lipinski definition) is 1. The molecule has 1 heterocycles. The van der Waals surface area contributed by atoms with E-state index in [1.807, 2.05) is 0 Å². The van der Waals surface area contributed by atoms with Gasteiger partial charge in [0.2, 0.25) is 0 Å². The molecular formula is C16H25NO. The van der Waals surface area contributed by atoms with Crippen LogP contribution in [0.4, 0.5) is 0 Å². The molecule has 0 saturated heterocycles. The minimum absolute atomic E-state index is 0.567. The van der Waals surface area contributed by atoms with Gasteiger partial charge in [-0.15, -0.1) is 0 Å². The Labute approximate surface area is 111 Å². The zero-order valence-corrected chi connectivity index (χ0v) is 11.8.